The van der Waals surface area contributed by atoms with E-state index in [-0.39, 0.29) is 11.3 Å². The molecule has 1 aromatic heterocycles. The molecule has 1 heterocycles. The van der Waals surface area contributed by atoms with Crippen LogP contribution in [-0.2, 0) is 6.54 Å². The summed E-state index contributed by atoms with van der Waals surface area (Å²) < 4.78 is 11.8. The molecule has 3 rings (SSSR count). The molecule has 0 spiro atoms. The second kappa shape index (κ2) is 7.90. The first-order chi connectivity index (χ1) is 13.1. The minimum atomic E-state index is -0.400. The topological polar surface area (TPSA) is 82.5 Å². The smallest absolute Gasteiger partial charge is 0.276 e. The van der Waals surface area contributed by atoms with Gasteiger partial charge in [-0.15, -0.1) is 0 Å². The Morgan fingerprint density at radius 1 is 1.07 bits per heavy atom. The van der Waals surface area contributed by atoms with Gasteiger partial charge >= 0.3 is 0 Å². The van der Waals surface area contributed by atoms with Gasteiger partial charge in [-0.3, -0.25) is 9.59 Å². The molecule has 27 heavy (non-hydrogen) atoms. The summed E-state index contributed by atoms with van der Waals surface area (Å²) in [6.45, 7) is 2.40. The van der Waals surface area contributed by atoms with E-state index < -0.39 is 5.91 Å². The second-order valence-corrected chi connectivity index (χ2v) is 5.95. The zero-order valence-electron chi connectivity index (χ0n) is 15.5. The Morgan fingerprint density at radius 2 is 1.78 bits per heavy atom. The van der Waals surface area contributed by atoms with Crippen molar-refractivity contribution in [3.8, 4) is 11.5 Å². The highest BCUT2D eigenvalue weighted by atomic mass is 16.5. The average Bonchev–Trinajstić information content (AvgIpc) is 2.70. The van der Waals surface area contributed by atoms with Crippen molar-refractivity contribution < 1.29 is 14.3 Å². The van der Waals surface area contributed by atoms with Gasteiger partial charge in [0.25, 0.3) is 11.5 Å². The van der Waals surface area contributed by atoms with E-state index in [1.54, 1.807) is 49.6 Å². The number of carbonyl (C=O) groups is 1. The first-order valence-electron chi connectivity index (χ1n) is 8.62. The lowest BCUT2D eigenvalue weighted by atomic mass is 10.1. The van der Waals surface area contributed by atoms with Gasteiger partial charge in [0.1, 0.15) is 0 Å². The van der Waals surface area contributed by atoms with E-state index in [0.29, 0.717) is 34.5 Å². The van der Waals surface area contributed by atoms with Crippen molar-refractivity contribution >= 4 is 22.4 Å². The molecule has 0 saturated carbocycles. The number of anilines is 1. The first kappa shape index (κ1) is 18.4. The van der Waals surface area contributed by atoms with Crippen molar-refractivity contribution in [1.82, 2.24) is 9.78 Å². The molecular formula is C20H21N3O4. The molecule has 140 valence electrons. The van der Waals surface area contributed by atoms with Gasteiger partial charge in [0, 0.05) is 23.7 Å². The minimum Gasteiger partial charge on any atom is -0.493 e. The molecule has 3 aromatic rings. The molecule has 0 aliphatic rings. The van der Waals surface area contributed by atoms with E-state index in [1.807, 2.05) is 6.92 Å². The van der Waals surface area contributed by atoms with Gasteiger partial charge in [-0.05, 0) is 24.6 Å². The number of aryl methyl sites for hydroxylation is 1. The highest BCUT2D eigenvalue weighted by molar-refractivity contribution is 6.11. The summed E-state index contributed by atoms with van der Waals surface area (Å²) in [5.74, 6) is 0.669. The van der Waals surface area contributed by atoms with Gasteiger partial charge in [0.15, 0.2) is 17.2 Å². The van der Waals surface area contributed by atoms with Crippen LogP contribution in [0.25, 0.3) is 10.8 Å². The highest BCUT2D eigenvalue weighted by Crippen LogP contribution is 2.30. The van der Waals surface area contributed by atoms with Gasteiger partial charge in [-0.1, -0.05) is 25.1 Å². The Kier molecular flexibility index (Phi) is 5.40. The molecule has 1 amide bonds. The fraction of sp³-hybridized carbons (Fsp3) is 0.250. The van der Waals surface area contributed by atoms with Crippen LogP contribution in [0.3, 0.4) is 0 Å². The van der Waals surface area contributed by atoms with Gasteiger partial charge in [-0.2, -0.15) is 5.10 Å². The number of amides is 1. The third-order valence-corrected chi connectivity index (χ3v) is 4.16. The van der Waals surface area contributed by atoms with Crippen LogP contribution in [-0.4, -0.2) is 29.9 Å². The molecule has 0 atom stereocenters. The number of benzene rings is 2. The van der Waals surface area contributed by atoms with E-state index in [1.165, 1.54) is 11.8 Å². The summed E-state index contributed by atoms with van der Waals surface area (Å²) in [5, 5.41) is 8.10. The van der Waals surface area contributed by atoms with Crippen LogP contribution in [0.4, 0.5) is 5.69 Å². The van der Waals surface area contributed by atoms with Crippen LogP contribution >= 0.6 is 0 Å². The Balaban J connectivity index is 2.03. The van der Waals surface area contributed by atoms with Crippen molar-refractivity contribution in [2.75, 3.05) is 19.5 Å². The second-order valence-electron chi connectivity index (χ2n) is 5.95. The Labute approximate surface area is 156 Å². The van der Waals surface area contributed by atoms with Gasteiger partial charge < -0.3 is 14.8 Å². The van der Waals surface area contributed by atoms with Crippen molar-refractivity contribution in [2.45, 2.75) is 19.9 Å². The average molecular weight is 367 g/mol. The zero-order valence-corrected chi connectivity index (χ0v) is 15.5. The molecule has 0 unspecified atom stereocenters. The molecule has 0 aliphatic heterocycles. The van der Waals surface area contributed by atoms with Crippen molar-refractivity contribution in [3.63, 3.8) is 0 Å². The summed E-state index contributed by atoms with van der Waals surface area (Å²) >= 11 is 0. The predicted molar refractivity (Wildman–Crippen MR) is 104 cm³/mol. The van der Waals surface area contributed by atoms with Crippen LogP contribution in [0.5, 0.6) is 11.5 Å². The highest BCUT2D eigenvalue weighted by Gasteiger charge is 2.17. The molecule has 0 fully saturated rings. The number of carbonyl (C=O) groups excluding carboxylic acids is 1. The summed E-state index contributed by atoms with van der Waals surface area (Å²) in [5.41, 5.74) is 0.542. The maximum atomic E-state index is 12.9. The summed E-state index contributed by atoms with van der Waals surface area (Å²) in [6, 6.07) is 12.1. The maximum absolute atomic E-state index is 12.9. The standard InChI is InChI=1S/C20H21N3O4/c1-4-11-23-20(25)15-8-6-5-7-14(15)18(22-23)19(24)21-13-9-10-16(26-2)17(12-13)27-3/h5-10,12H,4,11H2,1-3H3,(H,21,24). The zero-order chi connectivity index (χ0) is 19.4. The Hall–Kier alpha value is -3.35. The summed E-state index contributed by atoms with van der Waals surface area (Å²) in [7, 11) is 3.07. The normalized spacial score (nSPS) is 10.6. The minimum absolute atomic E-state index is 0.199. The number of methoxy groups -OCH3 is 2. The van der Waals surface area contributed by atoms with Crippen molar-refractivity contribution in [2.24, 2.45) is 0 Å². The van der Waals surface area contributed by atoms with Gasteiger partial charge in [0.05, 0.1) is 19.6 Å². The van der Waals surface area contributed by atoms with Crippen LogP contribution < -0.4 is 20.3 Å². The van der Waals surface area contributed by atoms with E-state index in [9.17, 15) is 9.59 Å². The largest absolute Gasteiger partial charge is 0.493 e. The molecule has 1 N–H and O–H groups in total. The Morgan fingerprint density at radius 3 is 2.44 bits per heavy atom. The molecule has 0 radical (unpaired) electrons. The monoisotopic (exact) mass is 367 g/mol. The van der Waals surface area contributed by atoms with E-state index in [4.69, 9.17) is 9.47 Å². The molecule has 7 heteroatoms. The number of nitrogens with one attached hydrogen (secondary N) is 1. The third kappa shape index (κ3) is 3.62. The number of rotatable bonds is 6. The van der Waals surface area contributed by atoms with E-state index in [2.05, 4.69) is 10.4 Å². The van der Waals surface area contributed by atoms with Crippen LogP contribution in [0.2, 0.25) is 0 Å². The lowest BCUT2D eigenvalue weighted by Gasteiger charge is -2.12. The summed E-state index contributed by atoms with van der Waals surface area (Å²) in [4.78, 5) is 25.4. The number of hydrogen-bond acceptors (Lipinski definition) is 5. The fourth-order valence-corrected chi connectivity index (χ4v) is 2.87. The number of ether oxygens (including phenoxy) is 2. The predicted octanol–water partition coefficient (Wildman–Crippen LogP) is 3.08. The first-order valence-corrected chi connectivity index (χ1v) is 8.62. The van der Waals surface area contributed by atoms with E-state index in [0.717, 1.165) is 6.42 Å². The number of nitrogens with zero attached hydrogens (tertiary/aromatic N) is 2. The Bertz CT molecular complexity index is 1040. The quantitative estimate of drug-likeness (QED) is 0.724. The van der Waals surface area contributed by atoms with Crippen molar-refractivity contribution in [1.29, 1.82) is 0 Å². The van der Waals surface area contributed by atoms with Crippen molar-refractivity contribution in [3.05, 3.63) is 58.5 Å². The number of hydrogen-bond donors (Lipinski definition) is 1. The summed E-state index contributed by atoms with van der Waals surface area (Å²) in [6.07, 6.45) is 0.738. The number of aromatic nitrogens is 2. The SMILES string of the molecule is CCCn1nc(C(=O)Nc2ccc(OC)c(OC)c2)c2ccccc2c1=O. The molecule has 7 nitrogen and oxygen atoms in total. The molecule has 2 aromatic carbocycles. The lowest BCUT2D eigenvalue weighted by Crippen LogP contribution is -2.27. The van der Waals surface area contributed by atoms with Gasteiger partial charge in [-0.25, -0.2) is 4.68 Å². The fourth-order valence-electron chi connectivity index (χ4n) is 2.87. The van der Waals surface area contributed by atoms with Crippen LogP contribution in [0, 0.1) is 0 Å². The maximum Gasteiger partial charge on any atom is 0.276 e. The van der Waals surface area contributed by atoms with Crippen LogP contribution in [0.1, 0.15) is 23.8 Å². The van der Waals surface area contributed by atoms with Gasteiger partial charge in [0.2, 0.25) is 0 Å². The lowest BCUT2D eigenvalue weighted by molar-refractivity contribution is 0.102. The molecule has 0 aliphatic carbocycles. The molecular weight excluding hydrogens is 346 g/mol. The third-order valence-electron chi connectivity index (χ3n) is 4.16. The van der Waals surface area contributed by atoms with E-state index >= 15 is 0 Å². The van der Waals surface area contributed by atoms with Crippen LogP contribution in [0.15, 0.2) is 47.3 Å². The number of fused-ring (bicyclic) bond motifs is 1. The molecule has 0 bridgehead atoms. The molecule has 0 saturated heterocycles.